The fourth-order valence-corrected chi connectivity index (χ4v) is 4.26. The number of anilines is 2. The topological polar surface area (TPSA) is 65.5 Å². The predicted octanol–water partition coefficient (Wildman–Crippen LogP) is 5.36. The first-order chi connectivity index (χ1) is 17.1. The molecule has 0 unspecified atom stereocenters. The molecule has 0 radical (unpaired) electrons. The molecule has 0 saturated carbocycles. The Balaban J connectivity index is 1.44. The fourth-order valence-electron chi connectivity index (χ4n) is 4.26. The van der Waals surface area contributed by atoms with Crippen LogP contribution in [-0.2, 0) is 6.18 Å². The summed E-state index contributed by atoms with van der Waals surface area (Å²) in [6.45, 7) is 0.632. The number of piperidine rings is 1. The summed E-state index contributed by atoms with van der Waals surface area (Å²) in [4.78, 5) is 33.3. The van der Waals surface area contributed by atoms with Crippen molar-refractivity contribution in [3.8, 4) is 0 Å². The Morgan fingerprint density at radius 2 is 1.69 bits per heavy atom. The molecule has 1 aliphatic rings. The van der Waals surface area contributed by atoms with Crippen LogP contribution in [0.5, 0.6) is 0 Å². The van der Waals surface area contributed by atoms with E-state index in [1.807, 2.05) is 30.3 Å². The highest BCUT2D eigenvalue weighted by atomic mass is 19.4. The van der Waals surface area contributed by atoms with Crippen LogP contribution in [0.3, 0.4) is 0 Å². The second-order valence-corrected chi connectivity index (χ2v) is 8.52. The molecule has 1 aliphatic heterocycles. The minimum Gasteiger partial charge on any atom is -0.340 e. The van der Waals surface area contributed by atoms with E-state index in [9.17, 15) is 27.2 Å². The van der Waals surface area contributed by atoms with Gasteiger partial charge in [0.25, 0.3) is 11.8 Å². The van der Waals surface area contributed by atoms with Crippen LogP contribution in [0.25, 0.3) is 0 Å². The molecule has 188 valence electrons. The van der Waals surface area contributed by atoms with Crippen molar-refractivity contribution in [2.75, 3.05) is 25.5 Å². The van der Waals surface area contributed by atoms with Gasteiger partial charge in [0.05, 0.1) is 16.7 Å². The normalized spacial score (nSPS) is 14.4. The first-order valence-electron chi connectivity index (χ1n) is 11.4. The minimum absolute atomic E-state index is 0.230. The number of amides is 2. The number of likely N-dealkylation sites (tertiary alicyclic amines) is 1. The van der Waals surface area contributed by atoms with Gasteiger partial charge in [0.2, 0.25) is 0 Å². The number of para-hydroxylation sites is 1. The third-order valence-corrected chi connectivity index (χ3v) is 6.21. The summed E-state index contributed by atoms with van der Waals surface area (Å²) in [6.07, 6.45) is -2.51. The zero-order valence-electron chi connectivity index (χ0n) is 19.4. The maximum absolute atomic E-state index is 13.4. The summed E-state index contributed by atoms with van der Waals surface area (Å²) in [5.41, 5.74) is -0.729. The summed E-state index contributed by atoms with van der Waals surface area (Å²) >= 11 is 0. The molecule has 2 amide bonds. The lowest BCUT2D eigenvalue weighted by Gasteiger charge is -2.37. The van der Waals surface area contributed by atoms with E-state index in [-0.39, 0.29) is 11.9 Å². The highest BCUT2D eigenvalue weighted by Gasteiger charge is 2.38. The Kier molecular flexibility index (Phi) is 7.23. The third-order valence-electron chi connectivity index (χ3n) is 6.21. The van der Waals surface area contributed by atoms with Crippen molar-refractivity contribution in [3.63, 3.8) is 0 Å². The van der Waals surface area contributed by atoms with E-state index in [1.165, 1.54) is 11.9 Å². The molecule has 0 spiro atoms. The number of carbonyl (C=O) groups is 2. The third kappa shape index (κ3) is 5.48. The molecular weight excluding hydrogens is 476 g/mol. The number of carbonyl (C=O) groups excluding carboxylic acids is 2. The molecule has 10 heteroatoms. The van der Waals surface area contributed by atoms with Crippen molar-refractivity contribution < 1.29 is 27.2 Å². The average molecular weight is 500 g/mol. The molecule has 0 aliphatic carbocycles. The van der Waals surface area contributed by atoms with Crippen LogP contribution in [0.1, 0.15) is 39.1 Å². The quantitative estimate of drug-likeness (QED) is 0.479. The first kappa shape index (κ1) is 25.2. The highest BCUT2D eigenvalue weighted by molar-refractivity contribution is 5.99. The van der Waals surface area contributed by atoms with E-state index >= 15 is 0 Å². The van der Waals surface area contributed by atoms with Crippen molar-refractivity contribution in [3.05, 3.63) is 89.4 Å². The van der Waals surface area contributed by atoms with Crippen LogP contribution in [-0.4, -0.2) is 52.8 Å². The molecule has 1 aromatic heterocycles. The standard InChI is InChI=1S/C26H24F4N4O2/c1-33(24(35)20-10-9-17(27)16-22(20)26(28,29)30)19-11-14-34(15-12-19)25(36)21-8-5-13-31-23(21)32-18-6-3-2-4-7-18/h2-10,13,16,19H,11-12,14-15H2,1H3,(H,31,32). The molecule has 4 rings (SSSR count). The van der Waals surface area contributed by atoms with E-state index in [0.29, 0.717) is 43.4 Å². The van der Waals surface area contributed by atoms with Crippen molar-refractivity contribution in [2.24, 2.45) is 0 Å². The van der Waals surface area contributed by atoms with E-state index < -0.39 is 29.0 Å². The lowest BCUT2D eigenvalue weighted by atomic mass is 10.00. The van der Waals surface area contributed by atoms with Crippen molar-refractivity contribution in [2.45, 2.75) is 25.1 Å². The molecule has 2 heterocycles. The van der Waals surface area contributed by atoms with Crippen LogP contribution in [0.2, 0.25) is 0 Å². The number of hydrogen-bond acceptors (Lipinski definition) is 4. The number of benzene rings is 2. The summed E-state index contributed by atoms with van der Waals surface area (Å²) in [6, 6.07) is 14.3. The van der Waals surface area contributed by atoms with Gasteiger partial charge in [-0.15, -0.1) is 0 Å². The number of pyridine rings is 1. The second-order valence-electron chi connectivity index (χ2n) is 8.52. The van der Waals surface area contributed by atoms with Gasteiger partial charge in [-0.2, -0.15) is 13.2 Å². The molecule has 6 nitrogen and oxygen atoms in total. The molecule has 2 aromatic carbocycles. The Hall–Kier alpha value is -3.95. The Labute approximate surface area is 205 Å². The average Bonchev–Trinajstić information content (AvgIpc) is 2.88. The van der Waals surface area contributed by atoms with E-state index in [2.05, 4.69) is 10.3 Å². The van der Waals surface area contributed by atoms with Crippen LogP contribution < -0.4 is 5.32 Å². The van der Waals surface area contributed by atoms with Crippen LogP contribution in [0.15, 0.2) is 66.9 Å². The molecular formula is C26H24F4N4O2. The largest absolute Gasteiger partial charge is 0.417 e. The van der Waals surface area contributed by atoms with Crippen molar-refractivity contribution >= 4 is 23.3 Å². The Morgan fingerprint density at radius 3 is 2.36 bits per heavy atom. The smallest absolute Gasteiger partial charge is 0.340 e. The molecule has 3 aromatic rings. The summed E-state index contributed by atoms with van der Waals surface area (Å²) in [5, 5.41) is 3.14. The second kappa shape index (κ2) is 10.3. The highest BCUT2D eigenvalue weighted by Crippen LogP contribution is 2.33. The van der Waals surface area contributed by atoms with Crippen LogP contribution in [0.4, 0.5) is 29.1 Å². The van der Waals surface area contributed by atoms with Gasteiger partial charge in [-0.05, 0) is 55.3 Å². The molecule has 36 heavy (non-hydrogen) atoms. The van der Waals surface area contributed by atoms with Gasteiger partial charge in [0.15, 0.2) is 0 Å². The zero-order chi connectivity index (χ0) is 25.9. The fraction of sp³-hybridized carbons (Fsp3) is 0.269. The van der Waals surface area contributed by atoms with Gasteiger partial charge in [-0.3, -0.25) is 9.59 Å². The Bertz CT molecular complexity index is 1240. The maximum Gasteiger partial charge on any atom is 0.417 e. The predicted molar refractivity (Wildman–Crippen MR) is 126 cm³/mol. The van der Waals surface area contributed by atoms with Crippen LogP contribution >= 0.6 is 0 Å². The van der Waals surface area contributed by atoms with Crippen molar-refractivity contribution in [1.82, 2.24) is 14.8 Å². The number of aromatic nitrogens is 1. The number of hydrogen-bond donors (Lipinski definition) is 1. The van der Waals surface area contributed by atoms with E-state index in [0.717, 1.165) is 17.8 Å². The summed E-state index contributed by atoms with van der Waals surface area (Å²) < 4.78 is 53.6. The lowest BCUT2D eigenvalue weighted by molar-refractivity contribution is -0.138. The van der Waals surface area contributed by atoms with Gasteiger partial charge in [0.1, 0.15) is 11.6 Å². The Morgan fingerprint density at radius 1 is 1.00 bits per heavy atom. The van der Waals surface area contributed by atoms with Gasteiger partial charge >= 0.3 is 6.18 Å². The maximum atomic E-state index is 13.4. The molecule has 1 saturated heterocycles. The first-order valence-corrected chi connectivity index (χ1v) is 11.4. The number of alkyl halides is 3. The van der Waals surface area contributed by atoms with E-state index in [4.69, 9.17) is 0 Å². The lowest BCUT2D eigenvalue weighted by Crippen LogP contribution is -2.47. The molecule has 1 fully saturated rings. The van der Waals surface area contributed by atoms with Crippen molar-refractivity contribution in [1.29, 1.82) is 0 Å². The van der Waals surface area contributed by atoms with Gasteiger partial charge in [-0.1, -0.05) is 18.2 Å². The van der Waals surface area contributed by atoms with Gasteiger partial charge in [0, 0.05) is 38.1 Å². The number of nitrogens with zero attached hydrogens (tertiary/aromatic N) is 3. The van der Waals surface area contributed by atoms with Gasteiger partial charge < -0.3 is 15.1 Å². The molecule has 0 atom stereocenters. The minimum atomic E-state index is -4.86. The summed E-state index contributed by atoms with van der Waals surface area (Å²) in [5.74, 6) is -1.72. The number of rotatable bonds is 5. The van der Waals surface area contributed by atoms with Crippen LogP contribution in [0, 0.1) is 5.82 Å². The molecule has 0 bridgehead atoms. The van der Waals surface area contributed by atoms with Gasteiger partial charge in [-0.25, -0.2) is 9.37 Å². The number of halogens is 4. The monoisotopic (exact) mass is 500 g/mol. The number of nitrogens with one attached hydrogen (secondary N) is 1. The summed E-state index contributed by atoms with van der Waals surface area (Å²) in [7, 11) is 1.43. The molecule has 1 N–H and O–H groups in total. The SMILES string of the molecule is CN(C(=O)c1ccc(F)cc1C(F)(F)F)C1CCN(C(=O)c2cccnc2Nc2ccccc2)CC1. The van der Waals surface area contributed by atoms with E-state index in [1.54, 1.807) is 23.2 Å². The zero-order valence-corrected chi connectivity index (χ0v) is 19.4.